The number of rotatable bonds is 4. The predicted molar refractivity (Wildman–Crippen MR) is 67.7 cm³/mol. The number of aromatic nitrogens is 1. The first-order valence-electron chi connectivity index (χ1n) is 5.79. The van der Waals surface area contributed by atoms with Crippen LogP contribution in [0.2, 0.25) is 0 Å². The third-order valence-electron chi connectivity index (χ3n) is 2.95. The van der Waals surface area contributed by atoms with Crippen molar-refractivity contribution in [1.82, 2.24) is 10.3 Å². The topological polar surface area (TPSA) is 82.5 Å². The Morgan fingerprint density at radius 3 is 3.06 bits per heavy atom. The van der Waals surface area contributed by atoms with Gasteiger partial charge in [0, 0.05) is 18.1 Å². The first-order valence-corrected chi connectivity index (χ1v) is 6.67. The summed E-state index contributed by atoms with van der Waals surface area (Å²) in [6.07, 6.45) is 3.35. The third-order valence-corrected chi connectivity index (χ3v) is 3.76. The van der Waals surface area contributed by atoms with E-state index in [-0.39, 0.29) is 11.9 Å². The lowest BCUT2D eigenvalue weighted by Crippen LogP contribution is -2.48. The molecule has 7 heteroatoms. The molecule has 98 valence electrons. The molecule has 18 heavy (non-hydrogen) atoms. The number of carbonyl (C=O) groups excluding carboxylic acids is 1. The molecule has 1 saturated heterocycles. The zero-order chi connectivity index (χ0) is 13.1. The third kappa shape index (κ3) is 2.61. The summed E-state index contributed by atoms with van der Waals surface area (Å²) in [5.74, 6) is -1.26. The summed E-state index contributed by atoms with van der Waals surface area (Å²) in [6, 6.07) is -1.17. The highest BCUT2D eigenvalue weighted by atomic mass is 32.1. The molecule has 6 nitrogen and oxygen atoms in total. The van der Waals surface area contributed by atoms with Crippen LogP contribution in [0.1, 0.15) is 19.8 Å². The van der Waals surface area contributed by atoms with Crippen molar-refractivity contribution in [2.45, 2.75) is 31.8 Å². The van der Waals surface area contributed by atoms with Crippen LogP contribution in [0.5, 0.6) is 0 Å². The normalized spacial score (nSPS) is 20.7. The molecule has 2 atom stereocenters. The molecule has 0 bridgehead atoms. The largest absolute Gasteiger partial charge is 0.480 e. The number of hydrogen-bond donors (Lipinski definition) is 2. The number of hydrogen-bond acceptors (Lipinski definition) is 5. The highest BCUT2D eigenvalue weighted by Gasteiger charge is 2.33. The summed E-state index contributed by atoms with van der Waals surface area (Å²) < 4.78 is 0. The number of amides is 1. The molecule has 2 rings (SSSR count). The number of nitrogens with zero attached hydrogens (tertiary/aromatic N) is 2. The zero-order valence-electron chi connectivity index (χ0n) is 10.00. The Bertz CT molecular complexity index is 435. The molecule has 2 N–H and O–H groups in total. The van der Waals surface area contributed by atoms with Crippen LogP contribution in [0, 0.1) is 0 Å². The number of carboxylic acids is 1. The van der Waals surface area contributed by atoms with Crippen molar-refractivity contribution >= 4 is 28.3 Å². The van der Waals surface area contributed by atoms with Crippen LogP contribution in [0.4, 0.5) is 5.13 Å². The summed E-state index contributed by atoms with van der Waals surface area (Å²) in [5.41, 5.74) is 0. The van der Waals surface area contributed by atoms with Crippen LogP contribution in [0.3, 0.4) is 0 Å². The van der Waals surface area contributed by atoms with Gasteiger partial charge >= 0.3 is 5.97 Å². The van der Waals surface area contributed by atoms with Gasteiger partial charge in [-0.3, -0.25) is 9.59 Å². The molecule has 1 fully saturated rings. The molecule has 1 aliphatic heterocycles. The number of nitrogens with one attached hydrogen (secondary N) is 1. The quantitative estimate of drug-likeness (QED) is 0.841. The van der Waals surface area contributed by atoms with E-state index in [1.807, 2.05) is 10.3 Å². The summed E-state index contributed by atoms with van der Waals surface area (Å²) in [4.78, 5) is 28.9. The van der Waals surface area contributed by atoms with Crippen molar-refractivity contribution in [3.05, 3.63) is 11.6 Å². The minimum absolute atomic E-state index is 0.238. The minimum Gasteiger partial charge on any atom is -0.480 e. The first-order chi connectivity index (χ1) is 8.59. The smallest absolute Gasteiger partial charge is 0.325 e. The van der Waals surface area contributed by atoms with Gasteiger partial charge in [0.2, 0.25) is 5.91 Å². The van der Waals surface area contributed by atoms with Crippen LogP contribution < -0.4 is 10.2 Å². The fourth-order valence-corrected chi connectivity index (χ4v) is 2.72. The predicted octanol–water partition coefficient (Wildman–Crippen LogP) is 0.701. The van der Waals surface area contributed by atoms with Gasteiger partial charge in [0.1, 0.15) is 12.1 Å². The number of aliphatic carboxylic acids is 1. The van der Waals surface area contributed by atoms with Gasteiger partial charge in [0.05, 0.1) is 0 Å². The van der Waals surface area contributed by atoms with Crippen molar-refractivity contribution in [2.75, 3.05) is 11.4 Å². The Labute approximate surface area is 109 Å². The monoisotopic (exact) mass is 269 g/mol. The van der Waals surface area contributed by atoms with E-state index >= 15 is 0 Å². The van der Waals surface area contributed by atoms with E-state index in [0.29, 0.717) is 0 Å². The lowest BCUT2D eigenvalue weighted by molar-refractivity contribution is -0.141. The second kappa shape index (κ2) is 5.34. The van der Waals surface area contributed by atoms with Crippen LogP contribution in [-0.4, -0.2) is 40.6 Å². The molecule has 1 unspecified atom stereocenters. The highest BCUT2D eigenvalue weighted by molar-refractivity contribution is 7.13. The van der Waals surface area contributed by atoms with Gasteiger partial charge in [-0.2, -0.15) is 0 Å². The Kier molecular flexibility index (Phi) is 3.81. The average Bonchev–Trinajstić information content (AvgIpc) is 2.99. The van der Waals surface area contributed by atoms with E-state index in [4.69, 9.17) is 5.11 Å². The van der Waals surface area contributed by atoms with Gasteiger partial charge in [-0.1, -0.05) is 0 Å². The second-order valence-corrected chi connectivity index (χ2v) is 5.11. The average molecular weight is 269 g/mol. The molecule has 2 heterocycles. The van der Waals surface area contributed by atoms with Gasteiger partial charge in [-0.05, 0) is 19.8 Å². The van der Waals surface area contributed by atoms with E-state index in [0.717, 1.165) is 24.5 Å². The fraction of sp³-hybridized carbons (Fsp3) is 0.545. The molecule has 0 spiro atoms. The molecule has 1 amide bonds. The van der Waals surface area contributed by atoms with E-state index in [1.54, 1.807) is 6.20 Å². The van der Waals surface area contributed by atoms with Crippen molar-refractivity contribution in [2.24, 2.45) is 0 Å². The van der Waals surface area contributed by atoms with E-state index in [1.165, 1.54) is 18.3 Å². The van der Waals surface area contributed by atoms with E-state index < -0.39 is 12.0 Å². The number of carboxylic acid groups (broad SMARTS) is 1. The SMILES string of the molecule is C[C@@H](NC(=O)C1CCCN1c1nccs1)C(=O)O. The summed E-state index contributed by atoms with van der Waals surface area (Å²) in [6.45, 7) is 2.25. The molecule has 1 aromatic heterocycles. The van der Waals surface area contributed by atoms with Gasteiger partial charge in [-0.15, -0.1) is 11.3 Å². The second-order valence-electron chi connectivity index (χ2n) is 4.23. The maximum atomic E-state index is 12.0. The maximum Gasteiger partial charge on any atom is 0.325 e. The van der Waals surface area contributed by atoms with Crippen molar-refractivity contribution in [3.8, 4) is 0 Å². The lowest BCUT2D eigenvalue weighted by Gasteiger charge is -2.23. The zero-order valence-corrected chi connectivity index (χ0v) is 10.8. The Hall–Kier alpha value is -1.63. The van der Waals surface area contributed by atoms with Crippen LogP contribution in [0.25, 0.3) is 0 Å². The molecule has 0 saturated carbocycles. The fourth-order valence-electron chi connectivity index (χ4n) is 2.00. The molecular weight excluding hydrogens is 254 g/mol. The van der Waals surface area contributed by atoms with Crippen molar-refractivity contribution < 1.29 is 14.7 Å². The van der Waals surface area contributed by atoms with Crippen LogP contribution in [-0.2, 0) is 9.59 Å². The summed E-state index contributed by atoms with van der Waals surface area (Å²) >= 11 is 1.49. The minimum atomic E-state index is -1.03. The molecule has 0 radical (unpaired) electrons. The lowest BCUT2D eigenvalue weighted by atomic mass is 10.2. The number of anilines is 1. The Balaban J connectivity index is 2.03. The van der Waals surface area contributed by atoms with Gasteiger partial charge in [-0.25, -0.2) is 4.98 Å². The molecule has 0 aromatic carbocycles. The first kappa shape index (κ1) is 12.8. The number of carbonyl (C=O) groups is 2. The number of thiazole rings is 1. The van der Waals surface area contributed by atoms with Crippen LogP contribution >= 0.6 is 11.3 Å². The van der Waals surface area contributed by atoms with Gasteiger partial charge in [0.25, 0.3) is 0 Å². The Morgan fingerprint density at radius 2 is 2.44 bits per heavy atom. The van der Waals surface area contributed by atoms with Gasteiger partial charge in [0.15, 0.2) is 5.13 Å². The highest BCUT2D eigenvalue weighted by Crippen LogP contribution is 2.27. The summed E-state index contributed by atoms with van der Waals surface area (Å²) in [5, 5.41) is 14.0. The Morgan fingerprint density at radius 1 is 1.67 bits per heavy atom. The summed E-state index contributed by atoms with van der Waals surface area (Å²) in [7, 11) is 0. The van der Waals surface area contributed by atoms with E-state index in [9.17, 15) is 9.59 Å². The standard InChI is InChI=1S/C11H15N3O3S/c1-7(10(16)17)13-9(15)8-3-2-5-14(8)11-12-4-6-18-11/h4,6-8H,2-3,5H2,1H3,(H,13,15)(H,16,17)/t7-,8?/m1/s1. The molecule has 0 aliphatic carbocycles. The molecule has 1 aliphatic rings. The van der Waals surface area contributed by atoms with Gasteiger partial charge < -0.3 is 15.3 Å². The molecule has 1 aromatic rings. The van der Waals surface area contributed by atoms with E-state index in [2.05, 4.69) is 10.3 Å². The molecular formula is C11H15N3O3S. The maximum absolute atomic E-state index is 12.0. The van der Waals surface area contributed by atoms with Crippen LogP contribution in [0.15, 0.2) is 11.6 Å². The van der Waals surface area contributed by atoms with Crippen molar-refractivity contribution in [1.29, 1.82) is 0 Å². The van der Waals surface area contributed by atoms with Crippen molar-refractivity contribution in [3.63, 3.8) is 0 Å².